The van der Waals surface area contributed by atoms with E-state index in [2.05, 4.69) is 16.0 Å². The molecule has 0 aliphatic carbocycles. The predicted octanol–water partition coefficient (Wildman–Crippen LogP) is 6.07. The first-order valence-electron chi connectivity index (χ1n) is 9.98. The molecular formula is C26H20FN3O2. The van der Waals surface area contributed by atoms with Crippen LogP contribution < -0.4 is 16.0 Å². The zero-order valence-electron chi connectivity index (χ0n) is 17.0. The summed E-state index contributed by atoms with van der Waals surface area (Å²) >= 11 is 0. The van der Waals surface area contributed by atoms with Gasteiger partial charge in [0.1, 0.15) is 5.82 Å². The van der Waals surface area contributed by atoms with E-state index in [1.807, 2.05) is 42.5 Å². The quantitative estimate of drug-likeness (QED) is 0.351. The molecule has 4 rings (SSSR count). The van der Waals surface area contributed by atoms with Crippen molar-refractivity contribution in [3.05, 3.63) is 120 Å². The average molecular weight is 425 g/mol. The molecule has 5 nitrogen and oxygen atoms in total. The molecule has 0 aliphatic heterocycles. The predicted molar refractivity (Wildman–Crippen MR) is 125 cm³/mol. The number of nitrogens with one attached hydrogen (secondary N) is 3. The smallest absolute Gasteiger partial charge is 0.257 e. The zero-order valence-corrected chi connectivity index (χ0v) is 17.0. The fourth-order valence-electron chi connectivity index (χ4n) is 3.11. The molecule has 0 heterocycles. The first kappa shape index (κ1) is 20.8. The van der Waals surface area contributed by atoms with Gasteiger partial charge in [-0.05, 0) is 72.8 Å². The Kier molecular flexibility index (Phi) is 6.22. The maximum Gasteiger partial charge on any atom is 0.257 e. The lowest BCUT2D eigenvalue weighted by Crippen LogP contribution is -2.18. The van der Waals surface area contributed by atoms with Crippen LogP contribution in [-0.2, 0) is 0 Å². The highest BCUT2D eigenvalue weighted by Crippen LogP contribution is 2.21. The van der Waals surface area contributed by atoms with E-state index in [0.29, 0.717) is 22.5 Å². The molecule has 0 saturated heterocycles. The lowest BCUT2D eigenvalue weighted by atomic mass is 10.1. The molecule has 0 spiro atoms. The molecule has 6 heteroatoms. The van der Waals surface area contributed by atoms with Crippen molar-refractivity contribution in [1.82, 2.24) is 0 Å². The van der Waals surface area contributed by atoms with E-state index >= 15 is 0 Å². The van der Waals surface area contributed by atoms with E-state index in [9.17, 15) is 14.0 Å². The third-order valence-corrected chi connectivity index (χ3v) is 4.73. The average Bonchev–Trinajstić information content (AvgIpc) is 2.82. The number of para-hydroxylation sites is 2. The van der Waals surface area contributed by atoms with Crippen LogP contribution in [0.4, 0.5) is 27.1 Å². The largest absolute Gasteiger partial charge is 0.356 e. The Hall–Kier alpha value is -4.45. The summed E-state index contributed by atoms with van der Waals surface area (Å²) in [5.74, 6) is -1.21. The molecule has 0 atom stereocenters. The lowest BCUT2D eigenvalue weighted by molar-refractivity contribution is 0.102. The summed E-state index contributed by atoms with van der Waals surface area (Å²) in [5, 5.41) is 8.84. The minimum absolute atomic E-state index is 0.295. The molecule has 158 valence electrons. The summed E-state index contributed by atoms with van der Waals surface area (Å²) in [4.78, 5) is 25.3. The highest BCUT2D eigenvalue weighted by Gasteiger charge is 2.14. The number of benzene rings is 4. The Morgan fingerprint density at radius 1 is 0.562 bits per heavy atom. The molecule has 0 saturated carbocycles. The van der Waals surface area contributed by atoms with E-state index in [1.54, 1.807) is 36.4 Å². The van der Waals surface area contributed by atoms with Gasteiger partial charge in [0.2, 0.25) is 0 Å². The summed E-state index contributed by atoms with van der Waals surface area (Å²) in [6.07, 6.45) is 0. The second-order valence-electron chi connectivity index (χ2n) is 7.03. The molecule has 0 bridgehead atoms. The van der Waals surface area contributed by atoms with Crippen LogP contribution in [0.15, 0.2) is 103 Å². The zero-order chi connectivity index (χ0) is 22.3. The van der Waals surface area contributed by atoms with Crippen molar-refractivity contribution < 1.29 is 14.0 Å². The number of carbonyl (C=O) groups is 2. The van der Waals surface area contributed by atoms with Crippen LogP contribution in [0.25, 0.3) is 0 Å². The Morgan fingerprint density at radius 3 is 1.88 bits per heavy atom. The number of rotatable bonds is 6. The van der Waals surface area contributed by atoms with E-state index in [-0.39, 0.29) is 5.91 Å². The molecule has 4 aromatic rings. The Labute approximate surface area is 184 Å². The summed E-state index contributed by atoms with van der Waals surface area (Å²) in [5.41, 5.74) is 3.45. The van der Waals surface area contributed by atoms with Gasteiger partial charge in [-0.3, -0.25) is 9.59 Å². The highest BCUT2D eigenvalue weighted by molar-refractivity contribution is 6.12. The molecule has 2 amide bonds. The number of anilines is 4. The highest BCUT2D eigenvalue weighted by atomic mass is 19.1. The molecule has 0 fully saturated rings. The van der Waals surface area contributed by atoms with Gasteiger partial charge in [0.05, 0.1) is 11.3 Å². The van der Waals surface area contributed by atoms with Crippen LogP contribution in [0.2, 0.25) is 0 Å². The molecule has 32 heavy (non-hydrogen) atoms. The summed E-state index contributed by atoms with van der Waals surface area (Å²) in [7, 11) is 0. The third-order valence-electron chi connectivity index (χ3n) is 4.73. The minimum Gasteiger partial charge on any atom is -0.356 e. The maximum absolute atomic E-state index is 13.1. The number of carbonyl (C=O) groups excluding carboxylic acids is 2. The monoisotopic (exact) mass is 425 g/mol. The van der Waals surface area contributed by atoms with Gasteiger partial charge >= 0.3 is 0 Å². The number of halogens is 1. The van der Waals surface area contributed by atoms with Gasteiger partial charge in [-0.2, -0.15) is 0 Å². The van der Waals surface area contributed by atoms with Gasteiger partial charge in [0, 0.05) is 22.6 Å². The summed E-state index contributed by atoms with van der Waals surface area (Å²) in [6, 6.07) is 29.0. The van der Waals surface area contributed by atoms with Crippen LogP contribution in [-0.4, -0.2) is 11.8 Å². The van der Waals surface area contributed by atoms with Crippen molar-refractivity contribution in [1.29, 1.82) is 0 Å². The SMILES string of the molecule is O=C(Nc1ccccc1C(=O)Nc1ccc(Nc2ccccc2)cc1)c1ccc(F)cc1. The van der Waals surface area contributed by atoms with Crippen LogP contribution >= 0.6 is 0 Å². The van der Waals surface area contributed by atoms with Gasteiger partial charge in [0.25, 0.3) is 11.8 Å². The van der Waals surface area contributed by atoms with E-state index < -0.39 is 11.7 Å². The molecule has 3 N–H and O–H groups in total. The van der Waals surface area contributed by atoms with Crippen molar-refractivity contribution in [2.45, 2.75) is 0 Å². The number of amides is 2. The Balaban J connectivity index is 1.44. The van der Waals surface area contributed by atoms with Gasteiger partial charge in [-0.15, -0.1) is 0 Å². The van der Waals surface area contributed by atoms with E-state index in [1.165, 1.54) is 24.3 Å². The second kappa shape index (κ2) is 9.57. The normalized spacial score (nSPS) is 10.3. The van der Waals surface area contributed by atoms with Crippen LogP contribution in [0.5, 0.6) is 0 Å². The molecule has 4 aromatic carbocycles. The Morgan fingerprint density at radius 2 is 1.16 bits per heavy atom. The first-order chi connectivity index (χ1) is 15.6. The maximum atomic E-state index is 13.1. The molecule has 0 aromatic heterocycles. The summed E-state index contributed by atoms with van der Waals surface area (Å²) < 4.78 is 13.1. The molecule has 0 aliphatic rings. The molecular weight excluding hydrogens is 405 g/mol. The second-order valence-corrected chi connectivity index (χ2v) is 7.03. The number of hydrogen-bond acceptors (Lipinski definition) is 3. The fourth-order valence-corrected chi connectivity index (χ4v) is 3.11. The first-order valence-corrected chi connectivity index (χ1v) is 9.98. The molecule has 0 unspecified atom stereocenters. The van der Waals surface area contributed by atoms with Crippen LogP contribution in [0.3, 0.4) is 0 Å². The Bertz CT molecular complexity index is 1220. The van der Waals surface area contributed by atoms with Crippen molar-refractivity contribution in [3.63, 3.8) is 0 Å². The summed E-state index contributed by atoms with van der Waals surface area (Å²) in [6.45, 7) is 0. The van der Waals surface area contributed by atoms with Crippen LogP contribution in [0, 0.1) is 5.82 Å². The van der Waals surface area contributed by atoms with Crippen molar-refractivity contribution in [2.24, 2.45) is 0 Å². The van der Waals surface area contributed by atoms with Crippen LogP contribution in [0.1, 0.15) is 20.7 Å². The van der Waals surface area contributed by atoms with Gasteiger partial charge < -0.3 is 16.0 Å². The van der Waals surface area contributed by atoms with Crippen molar-refractivity contribution in [3.8, 4) is 0 Å². The minimum atomic E-state index is -0.429. The van der Waals surface area contributed by atoms with Crippen molar-refractivity contribution >= 4 is 34.6 Å². The third kappa shape index (κ3) is 5.17. The topological polar surface area (TPSA) is 70.2 Å². The van der Waals surface area contributed by atoms with E-state index in [4.69, 9.17) is 0 Å². The van der Waals surface area contributed by atoms with Gasteiger partial charge in [0.15, 0.2) is 0 Å². The standard InChI is InChI=1S/C26H20FN3O2/c27-19-12-10-18(11-13-19)25(31)30-24-9-5-4-8-23(24)26(32)29-22-16-14-21(15-17-22)28-20-6-2-1-3-7-20/h1-17,28H,(H,29,32)(H,30,31). The lowest BCUT2D eigenvalue weighted by Gasteiger charge is -2.12. The van der Waals surface area contributed by atoms with Gasteiger partial charge in [-0.1, -0.05) is 30.3 Å². The van der Waals surface area contributed by atoms with Crippen molar-refractivity contribution in [2.75, 3.05) is 16.0 Å². The fraction of sp³-hybridized carbons (Fsp3) is 0. The van der Waals surface area contributed by atoms with E-state index in [0.717, 1.165) is 11.4 Å². The molecule has 0 radical (unpaired) electrons. The number of hydrogen-bond donors (Lipinski definition) is 3. The van der Waals surface area contributed by atoms with Gasteiger partial charge in [-0.25, -0.2) is 4.39 Å².